The van der Waals surface area contributed by atoms with Crippen LogP contribution in [0, 0.1) is 13.8 Å². The second kappa shape index (κ2) is 8.29. The van der Waals surface area contributed by atoms with Crippen LogP contribution in [0.1, 0.15) is 44.1 Å². The van der Waals surface area contributed by atoms with Crippen LogP contribution in [0.2, 0.25) is 5.02 Å². The van der Waals surface area contributed by atoms with Crippen molar-refractivity contribution in [2.45, 2.75) is 32.1 Å². The molecular weight excluding hydrogens is 441 g/mol. The van der Waals surface area contributed by atoms with Crippen molar-refractivity contribution in [1.82, 2.24) is 0 Å². The minimum absolute atomic E-state index is 0.151. The van der Waals surface area contributed by atoms with E-state index in [9.17, 15) is 35.5 Å². The van der Waals surface area contributed by atoms with Crippen LogP contribution < -0.4 is 0 Å². The van der Waals surface area contributed by atoms with Crippen molar-refractivity contribution in [2.75, 3.05) is 0 Å². The predicted molar refractivity (Wildman–Crippen MR) is 97.2 cm³/mol. The number of rotatable bonds is 4. The summed E-state index contributed by atoms with van der Waals surface area (Å²) in [5.74, 6) is -5.94. The molecule has 0 aliphatic heterocycles. The molecule has 2 rings (SSSR count). The molecule has 0 saturated carbocycles. The molecule has 1 N–H and O–H groups in total. The van der Waals surface area contributed by atoms with E-state index in [1.165, 1.54) is 13.8 Å². The number of hydrogen-bond acceptors (Lipinski definition) is 1. The molecule has 0 amide bonds. The summed E-state index contributed by atoms with van der Waals surface area (Å²) in [7, 11) is 0. The number of benzene rings is 2. The van der Waals surface area contributed by atoms with Crippen LogP contribution in [0.25, 0.3) is 5.83 Å². The van der Waals surface area contributed by atoms with E-state index >= 15 is 0 Å². The van der Waals surface area contributed by atoms with Crippen LogP contribution in [0.4, 0.5) is 30.7 Å². The van der Waals surface area contributed by atoms with Gasteiger partial charge in [0.1, 0.15) is 11.7 Å². The first kappa shape index (κ1) is 23.7. The third-order valence-electron chi connectivity index (χ3n) is 4.31. The monoisotopic (exact) mass is 454 g/mol. The minimum atomic E-state index is -5.14. The average molecular weight is 455 g/mol. The van der Waals surface area contributed by atoms with E-state index in [4.69, 9.17) is 16.7 Å². The summed E-state index contributed by atoms with van der Waals surface area (Å²) in [4.78, 5) is 11.0. The van der Waals surface area contributed by atoms with E-state index in [-0.39, 0.29) is 22.7 Å². The lowest BCUT2D eigenvalue weighted by atomic mass is 9.93. The number of alkyl halides is 6. The normalized spacial score (nSPS) is 14.0. The Bertz CT molecular complexity index is 984. The van der Waals surface area contributed by atoms with Gasteiger partial charge in [-0.3, -0.25) is 0 Å². The van der Waals surface area contributed by atoms with E-state index in [1.54, 1.807) is 0 Å². The predicted octanol–water partition coefficient (Wildman–Crippen LogP) is 7.33. The highest BCUT2D eigenvalue weighted by Crippen LogP contribution is 2.41. The van der Waals surface area contributed by atoms with Crippen LogP contribution in [-0.2, 0) is 6.18 Å². The van der Waals surface area contributed by atoms with Gasteiger partial charge in [0.05, 0.1) is 11.1 Å². The summed E-state index contributed by atoms with van der Waals surface area (Å²) in [6.45, 7) is 2.93. The first-order valence-electron chi connectivity index (χ1n) is 8.28. The number of carboxylic acid groups (broad SMARTS) is 1. The maximum Gasteiger partial charge on any atom is 0.417 e. The summed E-state index contributed by atoms with van der Waals surface area (Å²) in [6.07, 6.45) is -9.94. The molecule has 0 heterocycles. The third-order valence-corrected chi connectivity index (χ3v) is 4.91. The van der Waals surface area contributed by atoms with Gasteiger partial charge in [-0.15, -0.1) is 0 Å². The molecule has 1 unspecified atom stereocenters. The Morgan fingerprint density at radius 3 is 2.00 bits per heavy atom. The quantitative estimate of drug-likeness (QED) is 0.491. The molecular formula is C20H14ClF7O2. The third kappa shape index (κ3) is 5.13. The van der Waals surface area contributed by atoms with Crippen LogP contribution in [0.5, 0.6) is 0 Å². The smallest absolute Gasteiger partial charge is 0.417 e. The number of halogens is 8. The second-order valence-corrected chi connectivity index (χ2v) is 6.94. The molecule has 2 nitrogen and oxygen atoms in total. The molecule has 10 heteroatoms. The molecule has 0 aliphatic rings. The zero-order valence-electron chi connectivity index (χ0n) is 15.4. The van der Waals surface area contributed by atoms with E-state index in [0.29, 0.717) is 23.3 Å². The first-order valence-corrected chi connectivity index (χ1v) is 8.66. The van der Waals surface area contributed by atoms with E-state index in [0.717, 1.165) is 12.1 Å². The van der Waals surface area contributed by atoms with E-state index < -0.39 is 46.8 Å². The summed E-state index contributed by atoms with van der Waals surface area (Å²) in [5.41, 5.74) is -3.34. The molecule has 162 valence electrons. The number of aromatic carboxylic acids is 1. The maximum atomic E-state index is 14.6. The maximum absolute atomic E-state index is 14.6. The van der Waals surface area contributed by atoms with Crippen molar-refractivity contribution in [2.24, 2.45) is 0 Å². The largest absolute Gasteiger partial charge is 0.478 e. The molecule has 0 aromatic heterocycles. The van der Waals surface area contributed by atoms with Gasteiger partial charge in [-0.05, 0) is 48.7 Å². The SMILES string of the molecule is Cc1cc(C(C=C(F)c2ccc(C(=O)O)c(C(F)(F)F)c2)C(F)(F)F)cc(C)c1Cl. The Balaban J connectivity index is 2.62. The molecule has 0 radical (unpaired) electrons. The van der Waals surface area contributed by atoms with Crippen LogP contribution in [-0.4, -0.2) is 17.3 Å². The standard InChI is InChI=1S/C20H14ClF7O2/c1-9-5-12(6-10(2)17(9)21)14(19(23,24)25)8-16(22)11-3-4-13(18(29)30)15(7-11)20(26,27)28/h3-8,14H,1-2H3,(H,29,30). The number of carboxylic acids is 1. The number of hydrogen-bond donors (Lipinski definition) is 1. The van der Waals surface area contributed by atoms with Crippen molar-refractivity contribution in [3.8, 4) is 0 Å². The summed E-state index contributed by atoms with van der Waals surface area (Å²) >= 11 is 5.95. The van der Waals surface area contributed by atoms with Gasteiger partial charge in [-0.1, -0.05) is 29.8 Å². The Morgan fingerprint density at radius 1 is 1.03 bits per heavy atom. The fraction of sp³-hybridized carbons (Fsp3) is 0.250. The average Bonchev–Trinajstić information content (AvgIpc) is 2.61. The molecule has 0 bridgehead atoms. The van der Waals surface area contributed by atoms with E-state index in [1.807, 2.05) is 0 Å². The topological polar surface area (TPSA) is 37.3 Å². The van der Waals surface area contributed by atoms with Crippen LogP contribution in [0.3, 0.4) is 0 Å². The van der Waals surface area contributed by atoms with Crippen molar-refractivity contribution in [3.05, 3.63) is 74.8 Å². The van der Waals surface area contributed by atoms with Crippen molar-refractivity contribution < 1.29 is 40.6 Å². The first-order chi connectivity index (χ1) is 13.6. The highest BCUT2D eigenvalue weighted by atomic mass is 35.5. The van der Waals surface area contributed by atoms with Gasteiger partial charge in [0, 0.05) is 10.6 Å². The second-order valence-electron chi connectivity index (χ2n) is 6.57. The zero-order chi connectivity index (χ0) is 23.0. The summed E-state index contributed by atoms with van der Waals surface area (Å²) < 4.78 is 94.6. The molecule has 2 aromatic rings. The van der Waals surface area contributed by atoms with Crippen molar-refractivity contribution in [3.63, 3.8) is 0 Å². The molecule has 0 saturated heterocycles. The molecule has 1 atom stereocenters. The van der Waals surface area contributed by atoms with E-state index in [2.05, 4.69) is 0 Å². The Morgan fingerprint density at radius 2 is 1.57 bits per heavy atom. The molecule has 0 aliphatic carbocycles. The van der Waals surface area contributed by atoms with Crippen molar-refractivity contribution >= 4 is 23.4 Å². The van der Waals surface area contributed by atoms with Gasteiger partial charge in [0.2, 0.25) is 0 Å². The molecule has 0 fully saturated rings. The fourth-order valence-electron chi connectivity index (χ4n) is 2.90. The number of carbonyl (C=O) groups is 1. The number of allylic oxidation sites excluding steroid dienone is 1. The Hall–Kier alpha value is -2.55. The van der Waals surface area contributed by atoms with Gasteiger partial charge in [-0.2, -0.15) is 26.3 Å². The lowest BCUT2D eigenvalue weighted by Gasteiger charge is -2.20. The Kier molecular flexibility index (Phi) is 6.56. The summed E-state index contributed by atoms with van der Waals surface area (Å²) in [5, 5.41) is 9.10. The van der Waals surface area contributed by atoms with Crippen molar-refractivity contribution in [1.29, 1.82) is 0 Å². The summed E-state index contributed by atoms with van der Waals surface area (Å²) in [6, 6.07) is 3.57. The Labute approximate surface area is 171 Å². The van der Waals surface area contributed by atoms with Gasteiger partial charge < -0.3 is 5.11 Å². The lowest BCUT2D eigenvalue weighted by molar-refractivity contribution is -0.140. The van der Waals surface area contributed by atoms with Crippen LogP contribution in [0.15, 0.2) is 36.4 Å². The van der Waals surface area contributed by atoms with Gasteiger partial charge in [-0.25, -0.2) is 9.18 Å². The fourth-order valence-corrected chi connectivity index (χ4v) is 3.00. The van der Waals surface area contributed by atoms with Gasteiger partial charge >= 0.3 is 18.3 Å². The zero-order valence-corrected chi connectivity index (χ0v) is 16.2. The highest BCUT2D eigenvalue weighted by Gasteiger charge is 2.40. The lowest BCUT2D eigenvalue weighted by Crippen LogP contribution is -2.19. The van der Waals surface area contributed by atoms with Crippen LogP contribution >= 0.6 is 11.6 Å². The van der Waals surface area contributed by atoms with Gasteiger partial charge in [0.25, 0.3) is 0 Å². The molecule has 30 heavy (non-hydrogen) atoms. The number of aryl methyl sites for hydroxylation is 2. The minimum Gasteiger partial charge on any atom is -0.478 e. The highest BCUT2D eigenvalue weighted by molar-refractivity contribution is 6.32. The molecule has 2 aromatic carbocycles. The van der Waals surface area contributed by atoms with Gasteiger partial charge in [0.15, 0.2) is 0 Å². The molecule has 0 spiro atoms.